The molecule has 1 saturated heterocycles. The molecule has 3 heteroatoms. The molecule has 0 spiro atoms. The highest BCUT2D eigenvalue weighted by Gasteiger charge is 2.19. The number of hydrogen-bond donors (Lipinski definition) is 0. The van der Waals surface area contributed by atoms with Crippen LogP contribution in [-0.2, 0) is 11.3 Å². The molecule has 90 valence electrons. The molecule has 1 heterocycles. The van der Waals surface area contributed by atoms with Gasteiger partial charge in [-0.3, -0.25) is 4.90 Å². The van der Waals surface area contributed by atoms with Crippen molar-refractivity contribution in [3.05, 3.63) is 35.9 Å². The normalized spacial score (nSPS) is 21.4. The van der Waals surface area contributed by atoms with Crippen molar-refractivity contribution < 1.29 is 4.74 Å². The van der Waals surface area contributed by atoms with E-state index in [-0.39, 0.29) is 13.5 Å². The molecule has 0 aliphatic carbocycles. The summed E-state index contributed by atoms with van der Waals surface area (Å²) in [7, 11) is 0. The molecule has 1 fully saturated rings. The van der Waals surface area contributed by atoms with Crippen molar-refractivity contribution in [1.29, 1.82) is 0 Å². The van der Waals surface area contributed by atoms with Crippen molar-refractivity contribution >= 4 is 11.6 Å². The van der Waals surface area contributed by atoms with Crippen LogP contribution in [0.25, 0.3) is 0 Å². The van der Waals surface area contributed by atoms with E-state index in [4.69, 9.17) is 16.3 Å². The van der Waals surface area contributed by atoms with Crippen molar-refractivity contribution in [2.75, 3.05) is 25.6 Å². The standard InChI is InChI=1S/C12H16ClNO.CH4/c13-8-12-10-14(6-7-15-12)9-11-4-2-1-3-5-11;/h1-5,12H,6-10H2;1H4/t12-;/m0./s1. The maximum atomic E-state index is 5.80. The molecule has 2 nitrogen and oxygen atoms in total. The number of benzene rings is 1. The van der Waals surface area contributed by atoms with Gasteiger partial charge in [-0.15, -0.1) is 11.6 Å². The summed E-state index contributed by atoms with van der Waals surface area (Å²) in [6.07, 6.45) is 0.198. The van der Waals surface area contributed by atoms with E-state index >= 15 is 0 Å². The maximum absolute atomic E-state index is 5.80. The van der Waals surface area contributed by atoms with Crippen molar-refractivity contribution in [1.82, 2.24) is 4.90 Å². The number of rotatable bonds is 3. The number of alkyl halides is 1. The summed E-state index contributed by atoms with van der Waals surface area (Å²) in [4.78, 5) is 2.39. The molecule has 0 aromatic heterocycles. The second-order valence-corrected chi connectivity index (χ2v) is 4.18. The van der Waals surface area contributed by atoms with E-state index in [9.17, 15) is 0 Å². The Bertz CT molecular complexity index is 291. The molecule has 1 atom stereocenters. The zero-order chi connectivity index (χ0) is 10.5. The van der Waals surface area contributed by atoms with E-state index in [1.165, 1.54) is 5.56 Å². The first-order valence-corrected chi connectivity index (χ1v) is 5.86. The predicted octanol–water partition coefficient (Wildman–Crippen LogP) is 2.76. The van der Waals surface area contributed by atoms with Crippen molar-refractivity contribution in [2.45, 2.75) is 20.1 Å². The van der Waals surface area contributed by atoms with E-state index in [1.54, 1.807) is 0 Å². The third-order valence-electron chi connectivity index (χ3n) is 2.64. The number of morpholine rings is 1. The highest BCUT2D eigenvalue weighted by Crippen LogP contribution is 2.10. The zero-order valence-electron chi connectivity index (χ0n) is 8.73. The summed E-state index contributed by atoms with van der Waals surface area (Å²) in [5.74, 6) is 0.589. The Balaban J connectivity index is 0.00000128. The number of nitrogens with zero attached hydrogens (tertiary/aromatic N) is 1. The van der Waals surface area contributed by atoms with Gasteiger partial charge < -0.3 is 4.74 Å². The number of ether oxygens (including phenoxy) is 1. The number of hydrogen-bond acceptors (Lipinski definition) is 2. The predicted molar refractivity (Wildman–Crippen MR) is 68.9 cm³/mol. The molecule has 0 saturated carbocycles. The second-order valence-electron chi connectivity index (χ2n) is 3.87. The molecule has 1 aromatic rings. The van der Waals surface area contributed by atoms with Crippen LogP contribution in [0.1, 0.15) is 13.0 Å². The van der Waals surface area contributed by atoms with E-state index in [0.717, 1.165) is 26.2 Å². The summed E-state index contributed by atoms with van der Waals surface area (Å²) in [6.45, 7) is 3.74. The molecular weight excluding hydrogens is 222 g/mol. The lowest BCUT2D eigenvalue weighted by atomic mass is 10.2. The van der Waals surface area contributed by atoms with E-state index in [0.29, 0.717) is 5.88 Å². The molecule has 0 radical (unpaired) electrons. The fourth-order valence-electron chi connectivity index (χ4n) is 1.86. The van der Waals surface area contributed by atoms with Crippen molar-refractivity contribution in [3.63, 3.8) is 0 Å². The minimum Gasteiger partial charge on any atom is -0.374 e. The fourth-order valence-corrected chi connectivity index (χ4v) is 2.05. The summed E-state index contributed by atoms with van der Waals surface area (Å²) < 4.78 is 5.52. The maximum Gasteiger partial charge on any atom is 0.0837 e. The Labute approximate surface area is 103 Å². The Morgan fingerprint density at radius 3 is 2.75 bits per heavy atom. The quantitative estimate of drug-likeness (QED) is 0.755. The lowest BCUT2D eigenvalue weighted by Gasteiger charge is -2.31. The van der Waals surface area contributed by atoms with Gasteiger partial charge in [0.15, 0.2) is 0 Å². The van der Waals surface area contributed by atoms with Gasteiger partial charge in [0.25, 0.3) is 0 Å². The highest BCUT2D eigenvalue weighted by atomic mass is 35.5. The fraction of sp³-hybridized carbons (Fsp3) is 0.538. The average Bonchev–Trinajstić information content (AvgIpc) is 2.31. The smallest absolute Gasteiger partial charge is 0.0837 e. The summed E-state index contributed by atoms with van der Waals surface area (Å²) in [5.41, 5.74) is 1.35. The molecule has 0 unspecified atom stereocenters. The van der Waals surface area contributed by atoms with Crippen LogP contribution in [0.15, 0.2) is 30.3 Å². The monoisotopic (exact) mass is 241 g/mol. The van der Waals surface area contributed by atoms with Gasteiger partial charge in [0.1, 0.15) is 0 Å². The highest BCUT2D eigenvalue weighted by molar-refractivity contribution is 6.18. The molecule has 1 aromatic carbocycles. The largest absolute Gasteiger partial charge is 0.374 e. The first-order valence-electron chi connectivity index (χ1n) is 5.32. The van der Waals surface area contributed by atoms with E-state index in [1.807, 2.05) is 6.07 Å². The first-order chi connectivity index (χ1) is 7.38. The van der Waals surface area contributed by atoms with Crippen LogP contribution in [0.2, 0.25) is 0 Å². The molecule has 1 aliphatic heterocycles. The summed E-state index contributed by atoms with van der Waals surface area (Å²) in [6, 6.07) is 10.5. The Hall–Kier alpha value is -0.570. The Morgan fingerprint density at radius 1 is 1.31 bits per heavy atom. The van der Waals surface area contributed by atoms with Crippen LogP contribution in [0.3, 0.4) is 0 Å². The van der Waals surface area contributed by atoms with Crippen LogP contribution in [0, 0.1) is 0 Å². The molecule has 0 N–H and O–H groups in total. The van der Waals surface area contributed by atoms with Crippen molar-refractivity contribution in [3.8, 4) is 0 Å². The zero-order valence-corrected chi connectivity index (χ0v) is 9.49. The Kier molecular flexibility index (Phi) is 5.81. The van der Waals surface area contributed by atoms with Gasteiger partial charge in [0, 0.05) is 25.5 Å². The van der Waals surface area contributed by atoms with Crippen molar-refractivity contribution in [2.24, 2.45) is 0 Å². The van der Waals surface area contributed by atoms with E-state index in [2.05, 4.69) is 29.2 Å². The lowest BCUT2D eigenvalue weighted by Crippen LogP contribution is -2.42. The van der Waals surface area contributed by atoms with Gasteiger partial charge >= 0.3 is 0 Å². The van der Waals surface area contributed by atoms with Crippen LogP contribution < -0.4 is 0 Å². The molecule has 0 amide bonds. The number of halogens is 1. The summed E-state index contributed by atoms with van der Waals surface area (Å²) in [5, 5.41) is 0. The first kappa shape index (κ1) is 13.5. The minimum atomic E-state index is 0. The molecule has 2 rings (SSSR count). The lowest BCUT2D eigenvalue weighted by molar-refractivity contribution is -0.0194. The van der Waals surface area contributed by atoms with Gasteiger partial charge in [0.05, 0.1) is 12.7 Å². The van der Waals surface area contributed by atoms with Crippen LogP contribution >= 0.6 is 11.6 Å². The van der Waals surface area contributed by atoms with Crippen LogP contribution in [0.5, 0.6) is 0 Å². The molecular formula is C13H20ClNO. The topological polar surface area (TPSA) is 12.5 Å². The third-order valence-corrected chi connectivity index (χ3v) is 2.99. The van der Waals surface area contributed by atoms with Gasteiger partial charge in [-0.25, -0.2) is 0 Å². The van der Waals surface area contributed by atoms with Gasteiger partial charge in [-0.2, -0.15) is 0 Å². The molecule has 16 heavy (non-hydrogen) atoms. The average molecular weight is 242 g/mol. The third kappa shape index (κ3) is 3.78. The van der Waals surface area contributed by atoms with Gasteiger partial charge in [-0.1, -0.05) is 37.8 Å². The van der Waals surface area contributed by atoms with E-state index < -0.39 is 0 Å². The minimum absolute atomic E-state index is 0. The SMILES string of the molecule is C.ClC[C@H]1CN(Cc2ccccc2)CCO1. The van der Waals surface area contributed by atoms with Gasteiger partial charge in [0.2, 0.25) is 0 Å². The van der Waals surface area contributed by atoms with Crippen LogP contribution in [-0.4, -0.2) is 36.6 Å². The molecule has 1 aliphatic rings. The molecule has 0 bridgehead atoms. The summed E-state index contributed by atoms with van der Waals surface area (Å²) >= 11 is 5.80. The Morgan fingerprint density at radius 2 is 2.06 bits per heavy atom. The second kappa shape index (κ2) is 6.89. The van der Waals surface area contributed by atoms with Crippen LogP contribution in [0.4, 0.5) is 0 Å². The van der Waals surface area contributed by atoms with Gasteiger partial charge in [-0.05, 0) is 5.56 Å².